The van der Waals surface area contributed by atoms with Crippen LogP contribution in [0.5, 0.6) is 0 Å². The normalized spacial score (nSPS) is 29.8. The number of hydrogen-bond acceptors (Lipinski definition) is 3. The van der Waals surface area contributed by atoms with Crippen LogP contribution in [0, 0.1) is 0 Å². The molecule has 0 aromatic carbocycles. The summed E-state index contributed by atoms with van der Waals surface area (Å²) in [5, 5.41) is 0. The predicted molar refractivity (Wildman–Crippen MR) is 57.5 cm³/mol. The minimum Gasteiger partial charge on any atom is -0.374 e. The highest BCUT2D eigenvalue weighted by atomic mass is 16.6. The Labute approximate surface area is 87.4 Å². The molecule has 0 aromatic rings. The Morgan fingerprint density at radius 3 is 2.29 bits per heavy atom. The van der Waals surface area contributed by atoms with E-state index in [1.165, 1.54) is 0 Å². The zero-order valence-corrected chi connectivity index (χ0v) is 10.0. The van der Waals surface area contributed by atoms with Crippen LogP contribution in [0.3, 0.4) is 0 Å². The molecular formula is C11H23NO2. The standard InChI is InChI=1S/C11H23NO2/c1-6-13-9-7-12(5)8-10(9)14-11(2,3)4/h9-10H,6-8H2,1-5H3/t9-,10-/m1/s1. The number of likely N-dealkylation sites (tertiary alicyclic amines) is 1. The van der Waals surface area contributed by atoms with Gasteiger partial charge in [-0.15, -0.1) is 0 Å². The molecule has 1 aliphatic rings. The molecule has 0 saturated carbocycles. The van der Waals surface area contributed by atoms with Gasteiger partial charge in [0.1, 0.15) is 0 Å². The van der Waals surface area contributed by atoms with Crippen molar-refractivity contribution < 1.29 is 9.47 Å². The summed E-state index contributed by atoms with van der Waals surface area (Å²) in [6.45, 7) is 11.0. The molecule has 0 aliphatic carbocycles. The van der Waals surface area contributed by atoms with Gasteiger partial charge in [0.25, 0.3) is 0 Å². The zero-order valence-electron chi connectivity index (χ0n) is 10.0. The monoisotopic (exact) mass is 201 g/mol. The maximum absolute atomic E-state index is 5.97. The summed E-state index contributed by atoms with van der Waals surface area (Å²) in [5.41, 5.74) is -0.0782. The molecule has 3 nitrogen and oxygen atoms in total. The molecule has 0 aromatic heterocycles. The van der Waals surface area contributed by atoms with Crippen LogP contribution in [0.2, 0.25) is 0 Å². The van der Waals surface area contributed by atoms with Crippen LogP contribution >= 0.6 is 0 Å². The summed E-state index contributed by atoms with van der Waals surface area (Å²) in [6, 6.07) is 0. The van der Waals surface area contributed by atoms with Crippen LogP contribution in [-0.4, -0.2) is 49.5 Å². The molecule has 0 amide bonds. The van der Waals surface area contributed by atoms with Crippen molar-refractivity contribution in [1.82, 2.24) is 4.90 Å². The third-order valence-corrected chi connectivity index (χ3v) is 2.28. The van der Waals surface area contributed by atoms with E-state index < -0.39 is 0 Å². The quantitative estimate of drug-likeness (QED) is 0.691. The number of ether oxygens (including phenoxy) is 2. The molecule has 1 aliphatic heterocycles. The lowest BCUT2D eigenvalue weighted by Crippen LogP contribution is -2.36. The highest BCUT2D eigenvalue weighted by Crippen LogP contribution is 2.20. The molecular weight excluding hydrogens is 178 g/mol. The first-order chi connectivity index (χ1) is 6.42. The number of hydrogen-bond donors (Lipinski definition) is 0. The molecule has 0 N–H and O–H groups in total. The first-order valence-electron chi connectivity index (χ1n) is 5.40. The highest BCUT2D eigenvalue weighted by molar-refractivity contribution is 4.86. The van der Waals surface area contributed by atoms with Crippen molar-refractivity contribution >= 4 is 0 Å². The lowest BCUT2D eigenvalue weighted by atomic mass is 10.1. The SMILES string of the molecule is CCO[C@@H]1CN(C)C[C@H]1OC(C)(C)C. The second-order valence-corrected chi connectivity index (χ2v) is 4.98. The first kappa shape index (κ1) is 12.0. The average molecular weight is 201 g/mol. The molecule has 1 rings (SSSR count). The molecule has 1 saturated heterocycles. The maximum Gasteiger partial charge on any atom is 0.0982 e. The fourth-order valence-corrected chi connectivity index (χ4v) is 1.87. The Kier molecular flexibility index (Phi) is 3.93. The van der Waals surface area contributed by atoms with Crippen LogP contribution in [0.25, 0.3) is 0 Å². The molecule has 84 valence electrons. The largest absolute Gasteiger partial charge is 0.374 e. The van der Waals surface area contributed by atoms with E-state index >= 15 is 0 Å². The summed E-state index contributed by atoms with van der Waals surface area (Å²) >= 11 is 0. The van der Waals surface area contributed by atoms with Gasteiger partial charge in [-0.3, -0.25) is 0 Å². The Bertz CT molecular complexity index is 177. The van der Waals surface area contributed by atoms with Crippen LogP contribution in [0.1, 0.15) is 27.7 Å². The van der Waals surface area contributed by atoms with E-state index in [9.17, 15) is 0 Å². The molecule has 1 heterocycles. The Hall–Kier alpha value is -0.120. The van der Waals surface area contributed by atoms with Gasteiger partial charge >= 0.3 is 0 Å². The second-order valence-electron chi connectivity index (χ2n) is 4.98. The Morgan fingerprint density at radius 1 is 1.21 bits per heavy atom. The molecule has 0 spiro atoms. The molecule has 3 heteroatoms. The Balaban J connectivity index is 2.49. The van der Waals surface area contributed by atoms with Gasteiger partial charge in [0.15, 0.2) is 0 Å². The minimum atomic E-state index is -0.0782. The van der Waals surface area contributed by atoms with Gasteiger partial charge in [-0.25, -0.2) is 0 Å². The molecule has 0 bridgehead atoms. The van der Waals surface area contributed by atoms with E-state index in [-0.39, 0.29) is 17.8 Å². The van der Waals surface area contributed by atoms with Crippen LogP contribution in [0.15, 0.2) is 0 Å². The summed E-state index contributed by atoms with van der Waals surface area (Å²) in [5.74, 6) is 0. The molecule has 1 fully saturated rings. The predicted octanol–water partition coefficient (Wildman–Crippen LogP) is 1.52. The highest BCUT2D eigenvalue weighted by Gasteiger charge is 2.34. The smallest absolute Gasteiger partial charge is 0.0982 e. The first-order valence-corrected chi connectivity index (χ1v) is 5.40. The van der Waals surface area contributed by atoms with Crippen LogP contribution in [0.4, 0.5) is 0 Å². The van der Waals surface area contributed by atoms with E-state index in [4.69, 9.17) is 9.47 Å². The summed E-state index contributed by atoms with van der Waals surface area (Å²) in [4.78, 5) is 2.26. The van der Waals surface area contributed by atoms with Gasteiger partial charge in [0, 0.05) is 19.7 Å². The van der Waals surface area contributed by atoms with Gasteiger partial charge in [-0.2, -0.15) is 0 Å². The summed E-state index contributed by atoms with van der Waals surface area (Å²) in [7, 11) is 2.11. The van der Waals surface area contributed by atoms with Crippen molar-refractivity contribution in [1.29, 1.82) is 0 Å². The van der Waals surface area contributed by atoms with Gasteiger partial charge < -0.3 is 14.4 Å². The molecule has 2 atom stereocenters. The Morgan fingerprint density at radius 2 is 1.79 bits per heavy atom. The summed E-state index contributed by atoms with van der Waals surface area (Å²) in [6.07, 6.45) is 0.462. The van der Waals surface area contributed by atoms with Crippen molar-refractivity contribution in [2.75, 3.05) is 26.7 Å². The zero-order chi connectivity index (χ0) is 10.8. The lowest BCUT2D eigenvalue weighted by Gasteiger charge is -2.28. The fourth-order valence-electron chi connectivity index (χ4n) is 1.87. The van der Waals surface area contributed by atoms with E-state index in [1.807, 2.05) is 6.92 Å². The van der Waals surface area contributed by atoms with Gasteiger partial charge in [-0.05, 0) is 34.7 Å². The summed E-state index contributed by atoms with van der Waals surface area (Å²) < 4.78 is 11.6. The fraction of sp³-hybridized carbons (Fsp3) is 1.00. The second kappa shape index (κ2) is 4.60. The van der Waals surface area contributed by atoms with Crippen molar-refractivity contribution in [3.8, 4) is 0 Å². The molecule has 0 unspecified atom stereocenters. The van der Waals surface area contributed by atoms with E-state index in [1.54, 1.807) is 0 Å². The van der Waals surface area contributed by atoms with Crippen molar-refractivity contribution in [3.63, 3.8) is 0 Å². The maximum atomic E-state index is 5.97. The van der Waals surface area contributed by atoms with Gasteiger partial charge in [-0.1, -0.05) is 0 Å². The van der Waals surface area contributed by atoms with Crippen LogP contribution < -0.4 is 0 Å². The van der Waals surface area contributed by atoms with Gasteiger partial charge in [0.05, 0.1) is 17.8 Å². The third-order valence-electron chi connectivity index (χ3n) is 2.28. The average Bonchev–Trinajstić information content (AvgIpc) is 2.28. The minimum absolute atomic E-state index is 0.0782. The number of rotatable bonds is 3. The van der Waals surface area contributed by atoms with Crippen molar-refractivity contribution in [3.05, 3.63) is 0 Å². The van der Waals surface area contributed by atoms with E-state index in [2.05, 4.69) is 32.7 Å². The number of likely N-dealkylation sites (N-methyl/N-ethyl adjacent to an activating group) is 1. The van der Waals surface area contributed by atoms with E-state index in [0.29, 0.717) is 0 Å². The van der Waals surface area contributed by atoms with Crippen molar-refractivity contribution in [2.24, 2.45) is 0 Å². The van der Waals surface area contributed by atoms with E-state index in [0.717, 1.165) is 19.7 Å². The van der Waals surface area contributed by atoms with Gasteiger partial charge in [0.2, 0.25) is 0 Å². The lowest BCUT2D eigenvalue weighted by molar-refractivity contribution is -0.106. The van der Waals surface area contributed by atoms with Crippen molar-refractivity contribution in [2.45, 2.75) is 45.5 Å². The topological polar surface area (TPSA) is 21.7 Å². The molecule has 14 heavy (non-hydrogen) atoms. The van der Waals surface area contributed by atoms with Crippen LogP contribution in [-0.2, 0) is 9.47 Å². The number of nitrogens with zero attached hydrogens (tertiary/aromatic N) is 1. The third kappa shape index (κ3) is 3.56. The molecule has 0 radical (unpaired) electrons.